The van der Waals surface area contributed by atoms with E-state index >= 15 is 0 Å². The van der Waals surface area contributed by atoms with E-state index in [9.17, 15) is 8.42 Å². The van der Waals surface area contributed by atoms with Gasteiger partial charge < -0.3 is 4.52 Å². The molecule has 2 aromatic carbocycles. The second-order valence-electron chi connectivity index (χ2n) is 5.93. The molecule has 1 unspecified atom stereocenters. The van der Waals surface area contributed by atoms with Gasteiger partial charge in [-0.3, -0.25) is 0 Å². The molecule has 0 bridgehead atoms. The van der Waals surface area contributed by atoms with Gasteiger partial charge in [-0.05, 0) is 38.5 Å². The van der Waals surface area contributed by atoms with Crippen LogP contribution in [0.15, 0.2) is 57.9 Å². The molecule has 6 nitrogen and oxygen atoms in total. The lowest BCUT2D eigenvalue weighted by molar-refractivity contribution is 0.354. The van der Waals surface area contributed by atoms with E-state index in [1.54, 1.807) is 31.2 Å². The fraction of sp³-hybridized carbons (Fsp3) is 0.222. The third-order valence-electron chi connectivity index (χ3n) is 3.86. The van der Waals surface area contributed by atoms with E-state index in [4.69, 9.17) is 4.52 Å². The van der Waals surface area contributed by atoms with Gasteiger partial charge in [0.15, 0.2) is 0 Å². The molecule has 1 atom stereocenters. The Morgan fingerprint density at radius 2 is 1.72 bits per heavy atom. The van der Waals surface area contributed by atoms with Crippen LogP contribution < -0.4 is 4.72 Å². The summed E-state index contributed by atoms with van der Waals surface area (Å²) in [6.07, 6.45) is 0. The largest absolute Gasteiger partial charge is 0.337 e. The summed E-state index contributed by atoms with van der Waals surface area (Å²) in [5.74, 6) is 0.656. The Bertz CT molecular complexity index is 979. The molecule has 130 valence electrons. The molecule has 1 N–H and O–H groups in total. The number of nitrogens with zero attached hydrogens (tertiary/aromatic N) is 2. The molecule has 0 spiro atoms. The minimum atomic E-state index is -3.67. The monoisotopic (exact) mass is 357 g/mol. The first kappa shape index (κ1) is 17.3. The van der Waals surface area contributed by atoms with Crippen molar-refractivity contribution >= 4 is 10.0 Å². The number of rotatable bonds is 5. The number of benzene rings is 2. The Morgan fingerprint density at radius 3 is 2.40 bits per heavy atom. The van der Waals surface area contributed by atoms with Crippen LogP contribution in [0.4, 0.5) is 0 Å². The van der Waals surface area contributed by atoms with Gasteiger partial charge in [0.2, 0.25) is 21.7 Å². The van der Waals surface area contributed by atoms with Crippen molar-refractivity contribution in [1.82, 2.24) is 14.9 Å². The van der Waals surface area contributed by atoms with Crippen molar-refractivity contribution in [1.29, 1.82) is 0 Å². The molecule has 0 aliphatic carbocycles. The smallest absolute Gasteiger partial charge is 0.244 e. The molecule has 3 rings (SSSR count). The van der Waals surface area contributed by atoms with Crippen molar-refractivity contribution in [3.63, 3.8) is 0 Å². The highest BCUT2D eigenvalue weighted by molar-refractivity contribution is 7.89. The molecule has 0 aliphatic heterocycles. The highest BCUT2D eigenvalue weighted by Gasteiger charge is 2.22. The Balaban J connectivity index is 1.81. The average molecular weight is 357 g/mol. The highest BCUT2D eigenvalue weighted by atomic mass is 32.2. The minimum absolute atomic E-state index is 0.198. The van der Waals surface area contributed by atoms with Gasteiger partial charge >= 0.3 is 0 Å². The Kier molecular flexibility index (Phi) is 4.69. The molecule has 0 aliphatic rings. The average Bonchev–Trinajstić information content (AvgIpc) is 3.05. The van der Waals surface area contributed by atoms with Gasteiger partial charge in [-0.2, -0.15) is 9.71 Å². The van der Waals surface area contributed by atoms with Crippen LogP contribution >= 0.6 is 0 Å². The molecular weight excluding hydrogens is 338 g/mol. The zero-order valence-electron chi connectivity index (χ0n) is 14.2. The van der Waals surface area contributed by atoms with E-state index in [0.717, 1.165) is 16.7 Å². The van der Waals surface area contributed by atoms with Crippen molar-refractivity contribution in [3.8, 4) is 11.4 Å². The minimum Gasteiger partial charge on any atom is -0.337 e. The summed E-state index contributed by atoms with van der Waals surface area (Å²) < 4.78 is 32.7. The number of hydrogen-bond donors (Lipinski definition) is 1. The first-order valence-corrected chi connectivity index (χ1v) is 9.34. The van der Waals surface area contributed by atoms with E-state index in [1.807, 2.05) is 38.1 Å². The Hall–Kier alpha value is -2.51. The molecule has 0 amide bonds. The van der Waals surface area contributed by atoms with Crippen molar-refractivity contribution in [2.24, 2.45) is 0 Å². The molecular formula is C18H19N3O3S. The fourth-order valence-electron chi connectivity index (χ4n) is 2.41. The number of aryl methyl sites for hydroxylation is 2. The van der Waals surface area contributed by atoms with Gasteiger partial charge in [0.05, 0.1) is 10.9 Å². The Labute approximate surface area is 147 Å². The van der Waals surface area contributed by atoms with Gasteiger partial charge in [0, 0.05) is 5.56 Å². The van der Waals surface area contributed by atoms with Gasteiger partial charge in [-0.1, -0.05) is 47.1 Å². The molecule has 1 heterocycles. The summed E-state index contributed by atoms with van der Waals surface area (Å²) in [6, 6.07) is 13.7. The number of sulfonamides is 1. The first-order valence-electron chi connectivity index (χ1n) is 7.85. The second-order valence-corrected chi connectivity index (χ2v) is 7.64. The molecule has 25 heavy (non-hydrogen) atoms. The molecule has 0 saturated carbocycles. The van der Waals surface area contributed by atoms with Crippen LogP contribution in [0.5, 0.6) is 0 Å². The molecule has 3 aromatic rings. The fourth-order valence-corrected chi connectivity index (χ4v) is 3.61. The van der Waals surface area contributed by atoms with E-state index in [1.165, 1.54) is 0 Å². The highest BCUT2D eigenvalue weighted by Crippen LogP contribution is 2.22. The van der Waals surface area contributed by atoms with E-state index in [0.29, 0.717) is 5.82 Å². The zero-order chi connectivity index (χ0) is 18.0. The van der Waals surface area contributed by atoms with Crippen LogP contribution in [0.25, 0.3) is 11.4 Å². The standard InChI is InChI=1S/C18H19N3O3S/c1-12-8-10-15(11-9-12)25(22,23)21-14(3)18-19-17(20-24-18)16-7-5-4-6-13(16)2/h4-11,14,21H,1-3H3. The van der Waals surface area contributed by atoms with Gasteiger partial charge in [0.25, 0.3) is 0 Å². The number of hydrogen-bond acceptors (Lipinski definition) is 5. The van der Waals surface area contributed by atoms with E-state index < -0.39 is 16.1 Å². The number of nitrogens with one attached hydrogen (secondary N) is 1. The number of aromatic nitrogens is 2. The Morgan fingerprint density at radius 1 is 1.04 bits per heavy atom. The summed E-state index contributed by atoms with van der Waals surface area (Å²) in [5, 5.41) is 3.96. The second kappa shape index (κ2) is 6.78. The van der Waals surface area contributed by atoms with Crippen LogP contribution in [0.2, 0.25) is 0 Å². The van der Waals surface area contributed by atoms with Crippen LogP contribution in [0, 0.1) is 13.8 Å². The van der Waals surface area contributed by atoms with E-state index in [2.05, 4.69) is 14.9 Å². The summed E-state index contributed by atoms with van der Waals surface area (Å²) in [5.41, 5.74) is 2.86. The van der Waals surface area contributed by atoms with Gasteiger partial charge in [0.1, 0.15) is 0 Å². The van der Waals surface area contributed by atoms with Crippen molar-refractivity contribution in [2.75, 3.05) is 0 Å². The van der Waals surface area contributed by atoms with Crippen LogP contribution in [0.3, 0.4) is 0 Å². The molecule has 7 heteroatoms. The van der Waals surface area contributed by atoms with E-state index in [-0.39, 0.29) is 10.8 Å². The van der Waals surface area contributed by atoms with Crippen LogP contribution in [-0.2, 0) is 10.0 Å². The van der Waals surface area contributed by atoms with Gasteiger partial charge in [-0.25, -0.2) is 8.42 Å². The quantitative estimate of drug-likeness (QED) is 0.756. The maximum absolute atomic E-state index is 12.5. The predicted molar refractivity (Wildman–Crippen MR) is 94.4 cm³/mol. The predicted octanol–water partition coefficient (Wildman–Crippen LogP) is 3.39. The normalized spacial score (nSPS) is 12.9. The van der Waals surface area contributed by atoms with Crippen molar-refractivity contribution in [3.05, 3.63) is 65.5 Å². The molecule has 1 aromatic heterocycles. The third kappa shape index (κ3) is 3.78. The summed E-state index contributed by atoms with van der Waals surface area (Å²) >= 11 is 0. The summed E-state index contributed by atoms with van der Waals surface area (Å²) in [4.78, 5) is 4.53. The van der Waals surface area contributed by atoms with Crippen LogP contribution in [0.1, 0.15) is 30.0 Å². The molecule has 0 saturated heterocycles. The molecule has 0 fully saturated rings. The lowest BCUT2D eigenvalue weighted by atomic mass is 10.1. The summed E-state index contributed by atoms with van der Waals surface area (Å²) in [7, 11) is -3.67. The zero-order valence-corrected chi connectivity index (χ0v) is 15.0. The maximum atomic E-state index is 12.5. The summed E-state index contributed by atoms with van der Waals surface area (Å²) in [6.45, 7) is 5.52. The SMILES string of the molecule is Cc1ccc(S(=O)(=O)NC(C)c2nc(-c3ccccc3C)no2)cc1. The van der Waals surface area contributed by atoms with Crippen molar-refractivity contribution in [2.45, 2.75) is 31.7 Å². The van der Waals surface area contributed by atoms with Crippen LogP contribution in [-0.4, -0.2) is 18.6 Å². The topological polar surface area (TPSA) is 85.1 Å². The third-order valence-corrected chi connectivity index (χ3v) is 5.42. The maximum Gasteiger partial charge on any atom is 0.244 e. The van der Waals surface area contributed by atoms with Gasteiger partial charge in [-0.15, -0.1) is 0 Å². The lowest BCUT2D eigenvalue weighted by Crippen LogP contribution is -2.27. The first-order chi connectivity index (χ1) is 11.9. The lowest BCUT2D eigenvalue weighted by Gasteiger charge is -2.10. The van der Waals surface area contributed by atoms with Crippen molar-refractivity contribution < 1.29 is 12.9 Å². The molecule has 0 radical (unpaired) electrons.